The third kappa shape index (κ3) is 2.72. The van der Waals surface area contributed by atoms with Gasteiger partial charge in [-0.1, -0.05) is 0 Å². The molecule has 0 saturated carbocycles. The Balaban J connectivity index is 2.83. The summed E-state index contributed by atoms with van der Waals surface area (Å²) in [5.74, 6) is 0. The van der Waals surface area contributed by atoms with Crippen LogP contribution in [0.2, 0.25) is 0 Å². The van der Waals surface area contributed by atoms with Crippen LogP contribution in [-0.2, 0) is 9.53 Å². The van der Waals surface area contributed by atoms with E-state index >= 15 is 0 Å². The summed E-state index contributed by atoms with van der Waals surface area (Å²) in [7, 11) is 0. The van der Waals surface area contributed by atoms with Gasteiger partial charge < -0.3 is 9.53 Å². The van der Waals surface area contributed by atoms with Crippen molar-refractivity contribution < 1.29 is 14.3 Å². The van der Waals surface area contributed by atoms with Crippen LogP contribution in [0.4, 0.5) is 4.79 Å². The summed E-state index contributed by atoms with van der Waals surface area (Å²) in [5.41, 5.74) is -1.10. The topological polar surface area (TPSA) is 58.6 Å². The summed E-state index contributed by atoms with van der Waals surface area (Å²) < 4.78 is 5.28. The average molecular weight is 228 g/mol. The minimum absolute atomic E-state index is 0.454. The van der Waals surface area contributed by atoms with Gasteiger partial charge >= 0.3 is 6.09 Å². The first-order valence-electron chi connectivity index (χ1n) is 5.40. The average Bonchev–Trinajstić information content (AvgIpc) is 2.37. The summed E-state index contributed by atoms with van der Waals surface area (Å²) in [4.78, 5) is 24.3. The Hall–Kier alpha value is -1.10. The summed E-state index contributed by atoms with van der Waals surface area (Å²) in [6.07, 6.45) is 0.311. The molecule has 1 heterocycles. The molecule has 92 valence electrons. The number of hydrogen-bond acceptors (Lipinski definition) is 4. The lowest BCUT2D eigenvalue weighted by molar-refractivity contribution is -0.112. The molecule has 0 aromatic rings. The zero-order chi connectivity index (χ0) is 12.6. The van der Waals surface area contributed by atoms with Gasteiger partial charge in [-0.05, 0) is 34.6 Å². The van der Waals surface area contributed by atoms with Gasteiger partial charge in [-0.3, -0.25) is 10.2 Å². The lowest BCUT2D eigenvalue weighted by Gasteiger charge is -2.34. The van der Waals surface area contributed by atoms with Crippen molar-refractivity contribution >= 4 is 12.4 Å². The van der Waals surface area contributed by atoms with E-state index in [-0.39, 0.29) is 0 Å². The lowest BCUT2D eigenvalue weighted by Crippen LogP contribution is -2.52. The zero-order valence-corrected chi connectivity index (χ0v) is 10.5. The van der Waals surface area contributed by atoms with E-state index in [0.29, 0.717) is 6.54 Å². The van der Waals surface area contributed by atoms with Gasteiger partial charge in [0.1, 0.15) is 17.9 Å². The van der Waals surface area contributed by atoms with Gasteiger partial charge in [0, 0.05) is 6.54 Å². The Kier molecular flexibility index (Phi) is 3.28. The van der Waals surface area contributed by atoms with Gasteiger partial charge in [0.2, 0.25) is 0 Å². The minimum atomic E-state index is -0.552. The number of hydrogen-bond donors (Lipinski definition) is 1. The normalized spacial score (nSPS) is 24.3. The number of aldehydes is 1. The number of nitrogens with one attached hydrogen (secondary N) is 1. The first-order chi connectivity index (χ1) is 7.17. The predicted octanol–water partition coefficient (Wildman–Crippen LogP) is 1.13. The fraction of sp³-hybridized carbons (Fsp3) is 0.818. The molecule has 1 N–H and O–H groups in total. The maximum atomic E-state index is 12.0. The van der Waals surface area contributed by atoms with E-state index in [1.807, 2.05) is 13.8 Å². The highest BCUT2D eigenvalue weighted by Crippen LogP contribution is 2.23. The van der Waals surface area contributed by atoms with Crippen molar-refractivity contribution in [2.24, 2.45) is 0 Å². The molecule has 0 aromatic heterocycles. The van der Waals surface area contributed by atoms with Gasteiger partial charge in [0.25, 0.3) is 0 Å². The zero-order valence-electron chi connectivity index (χ0n) is 10.5. The molecule has 0 aromatic carbocycles. The van der Waals surface area contributed by atoms with Crippen LogP contribution >= 0.6 is 0 Å². The van der Waals surface area contributed by atoms with Crippen molar-refractivity contribution in [2.45, 2.75) is 51.9 Å². The second-order valence-corrected chi connectivity index (χ2v) is 5.49. The van der Waals surface area contributed by atoms with Crippen LogP contribution in [0.15, 0.2) is 0 Å². The number of carbonyl (C=O) groups is 2. The molecular formula is C11H20N2O3. The summed E-state index contributed by atoms with van der Waals surface area (Å²) in [5, 5.41) is 3.11. The van der Waals surface area contributed by atoms with Gasteiger partial charge in [0.05, 0.1) is 5.66 Å². The molecule has 1 unspecified atom stereocenters. The highest BCUT2D eigenvalue weighted by Gasteiger charge is 2.44. The first kappa shape index (κ1) is 13.0. The van der Waals surface area contributed by atoms with Gasteiger partial charge in [-0.25, -0.2) is 4.79 Å². The van der Waals surface area contributed by atoms with Crippen LogP contribution in [0.5, 0.6) is 0 Å². The van der Waals surface area contributed by atoms with Crippen LogP contribution in [0.1, 0.15) is 34.6 Å². The molecule has 0 bridgehead atoms. The van der Waals surface area contributed by atoms with E-state index in [1.165, 1.54) is 4.90 Å². The number of rotatable bonds is 1. The molecule has 1 atom stereocenters. The number of ether oxygens (including phenoxy) is 1. The van der Waals surface area contributed by atoms with Crippen molar-refractivity contribution in [3.8, 4) is 0 Å². The molecule has 0 spiro atoms. The molecule has 5 nitrogen and oxygen atoms in total. The molecule has 1 rings (SSSR count). The SMILES string of the molecule is CC(C)(C)OC(=O)N1C(C=O)CNC1(C)C. The van der Waals surface area contributed by atoms with Crippen LogP contribution in [0.25, 0.3) is 0 Å². The largest absolute Gasteiger partial charge is 0.444 e. The molecule has 5 heteroatoms. The van der Waals surface area contributed by atoms with Crippen LogP contribution in [-0.4, -0.2) is 41.1 Å². The maximum absolute atomic E-state index is 12.0. The number of nitrogens with zero attached hydrogens (tertiary/aromatic N) is 1. The Morgan fingerprint density at radius 1 is 1.50 bits per heavy atom. The van der Waals surface area contributed by atoms with E-state index in [0.717, 1.165) is 6.29 Å². The fourth-order valence-electron chi connectivity index (χ4n) is 1.73. The monoisotopic (exact) mass is 228 g/mol. The molecular weight excluding hydrogens is 208 g/mol. The molecule has 1 aliphatic rings. The lowest BCUT2D eigenvalue weighted by atomic mass is 10.2. The second kappa shape index (κ2) is 4.05. The number of amides is 1. The van der Waals surface area contributed by atoms with Gasteiger partial charge in [0.15, 0.2) is 0 Å². The van der Waals surface area contributed by atoms with Crippen molar-refractivity contribution in [3.63, 3.8) is 0 Å². The molecule has 0 radical (unpaired) electrons. The molecule has 1 amide bonds. The predicted molar refractivity (Wildman–Crippen MR) is 60.0 cm³/mol. The summed E-state index contributed by atoms with van der Waals surface area (Å²) in [6, 6.07) is -0.454. The molecule has 1 aliphatic heterocycles. The van der Waals surface area contributed by atoms with E-state index in [2.05, 4.69) is 5.32 Å². The quantitative estimate of drug-likeness (QED) is 0.683. The van der Waals surface area contributed by atoms with Crippen molar-refractivity contribution in [1.82, 2.24) is 10.2 Å². The van der Waals surface area contributed by atoms with E-state index < -0.39 is 23.4 Å². The third-order valence-electron chi connectivity index (χ3n) is 2.42. The van der Waals surface area contributed by atoms with E-state index in [1.54, 1.807) is 20.8 Å². The Labute approximate surface area is 96.1 Å². The Morgan fingerprint density at radius 3 is 2.50 bits per heavy atom. The van der Waals surface area contributed by atoms with Gasteiger partial charge in [-0.15, -0.1) is 0 Å². The Morgan fingerprint density at radius 2 is 2.06 bits per heavy atom. The van der Waals surface area contributed by atoms with Crippen LogP contribution < -0.4 is 5.32 Å². The highest BCUT2D eigenvalue weighted by molar-refractivity contribution is 5.75. The Bertz CT molecular complexity index is 294. The van der Waals surface area contributed by atoms with Crippen molar-refractivity contribution in [2.75, 3.05) is 6.54 Å². The molecule has 16 heavy (non-hydrogen) atoms. The van der Waals surface area contributed by atoms with Crippen LogP contribution in [0.3, 0.4) is 0 Å². The van der Waals surface area contributed by atoms with Crippen LogP contribution in [0, 0.1) is 0 Å². The summed E-state index contributed by atoms with van der Waals surface area (Å²) in [6.45, 7) is 9.57. The fourth-order valence-corrected chi connectivity index (χ4v) is 1.73. The smallest absolute Gasteiger partial charge is 0.412 e. The van der Waals surface area contributed by atoms with Crippen molar-refractivity contribution in [1.29, 1.82) is 0 Å². The molecule has 1 fully saturated rings. The third-order valence-corrected chi connectivity index (χ3v) is 2.42. The number of carbonyl (C=O) groups excluding carboxylic acids is 2. The molecule has 1 saturated heterocycles. The maximum Gasteiger partial charge on any atom is 0.412 e. The van der Waals surface area contributed by atoms with Crippen molar-refractivity contribution in [3.05, 3.63) is 0 Å². The van der Waals surface area contributed by atoms with E-state index in [9.17, 15) is 9.59 Å². The second-order valence-electron chi connectivity index (χ2n) is 5.49. The minimum Gasteiger partial charge on any atom is -0.444 e. The molecule has 0 aliphatic carbocycles. The van der Waals surface area contributed by atoms with E-state index in [4.69, 9.17) is 4.74 Å². The van der Waals surface area contributed by atoms with Gasteiger partial charge in [-0.2, -0.15) is 0 Å². The highest BCUT2D eigenvalue weighted by atomic mass is 16.6. The summed E-state index contributed by atoms with van der Waals surface area (Å²) >= 11 is 0. The first-order valence-corrected chi connectivity index (χ1v) is 5.40. The standard InChI is InChI=1S/C11H20N2O3/c1-10(2,3)16-9(15)13-8(7-14)6-12-11(13,4)5/h7-8,12H,6H2,1-5H3.